The molecule has 5 heteroatoms. The van der Waals surface area contributed by atoms with Crippen LogP contribution >= 0.6 is 22.7 Å². The zero-order valence-electron chi connectivity index (χ0n) is 11.8. The lowest BCUT2D eigenvalue weighted by Crippen LogP contribution is -2.24. The molecule has 1 aliphatic carbocycles. The van der Waals surface area contributed by atoms with Gasteiger partial charge in [-0.25, -0.2) is 4.98 Å². The van der Waals surface area contributed by atoms with Gasteiger partial charge < -0.3 is 10.2 Å². The molecule has 20 heavy (non-hydrogen) atoms. The number of nitrogens with one attached hydrogen (secondary N) is 1. The lowest BCUT2D eigenvalue weighted by atomic mass is 10.3. The maximum atomic E-state index is 4.64. The first kappa shape index (κ1) is 14.0. The third-order valence-corrected chi connectivity index (χ3v) is 5.20. The molecule has 0 amide bonds. The number of thiophene rings is 1. The molecular formula is C15H21N3S2. The van der Waals surface area contributed by atoms with Crippen LogP contribution in [0.15, 0.2) is 23.0 Å². The van der Waals surface area contributed by atoms with Gasteiger partial charge in [-0.3, -0.25) is 0 Å². The first-order valence-electron chi connectivity index (χ1n) is 7.30. The van der Waals surface area contributed by atoms with Gasteiger partial charge in [0.05, 0.1) is 0 Å². The summed E-state index contributed by atoms with van der Waals surface area (Å²) in [5, 5.41) is 9.03. The molecule has 0 spiro atoms. The monoisotopic (exact) mass is 307 g/mol. The molecule has 1 saturated carbocycles. The van der Waals surface area contributed by atoms with Gasteiger partial charge in [0.25, 0.3) is 0 Å². The van der Waals surface area contributed by atoms with E-state index < -0.39 is 0 Å². The van der Waals surface area contributed by atoms with Gasteiger partial charge in [-0.05, 0) is 48.2 Å². The van der Waals surface area contributed by atoms with Crippen molar-refractivity contribution in [3.63, 3.8) is 0 Å². The Kier molecular flexibility index (Phi) is 4.70. The minimum Gasteiger partial charge on any atom is -0.341 e. The van der Waals surface area contributed by atoms with Crippen LogP contribution in [0.5, 0.6) is 0 Å². The molecule has 0 aliphatic heterocycles. The SMILES string of the molecule is CCCNCc1cnc(N(Cc2ccsc2)C2CC2)s1. The van der Waals surface area contributed by atoms with Crippen molar-refractivity contribution in [1.29, 1.82) is 0 Å². The number of hydrogen-bond donors (Lipinski definition) is 1. The van der Waals surface area contributed by atoms with Crippen LogP contribution in [0.2, 0.25) is 0 Å². The lowest BCUT2D eigenvalue weighted by Gasteiger charge is -2.20. The van der Waals surface area contributed by atoms with Crippen molar-refractivity contribution < 1.29 is 0 Å². The van der Waals surface area contributed by atoms with Crippen LogP contribution in [0.4, 0.5) is 5.13 Å². The molecule has 0 bridgehead atoms. The van der Waals surface area contributed by atoms with Gasteiger partial charge in [-0.15, -0.1) is 11.3 Å². The number of rotatable bonds is 8. The van der Waals surface area contributed by atoms with E-state index in [1.807, 2.05) is 17.5 Å². The first-order valence-corrected chi connectivity index (χ1v) is 9.06. The Morgan fingerprint density at radius 2 is 2.35 bits per heavy atom. The number of thiazole rings is 1. The Labute approximate surface area is 128 Å². The van der Waals surface area contributed by atoms with Gasteiger partial charge in [0.1, 0.15) is 0 Å². The van der Waals surface area contributed by atoms with Crippen molar-refractivity contribution in [2.24, 2.45) is 0 Å². The van der Waals surface area contributed by atoms with Crippen molar-refractivity contribution in [3.05, 3.63) is 33.5 Å². The molecular weight excluding hydrogens is 286 g/mol. The second-order valence-electron chi connectivity index (χ2n) is 5.28. The van der Waals surface area contributed by atoms with Crippen LogP contribution in [-0.4, -0.2) is 17.6 Å². The summed E-state index contributed by atoms with van der Waals surface area (Å²) in [4.78, 5) is 8.46. The Balaban J connectivity index is 1.65. The fourth-order valence-corrected chi connectivity index (χ4v) is 3.83. The van der Waals surface area contributed by atoms with Gasteiger partial charge in [-0.2, -0.15) is 11.3 Å². The fraction of sp³-hybridized carbons (Fsp3) is 0.533. The number of nitrogens with zero attached hydrogens (tertiary/aromatic N) is 2. The van der Waals surface area contributed by atoms with Crippen LogP contribution in [0.3, 0.4) is 0 Å². The summed E-state index contributed by atoms with van der Waals surface area (Å²) in [6, 6.07) is 2.93. The smallest absolute Gasteiger partial charge is 0.186 e. The van der Waals surface area contributed by atoms with E-state index in [4.69, 9.17) is 0 Å². The number of anilines is 1. The van der Waals surface area contributed by atoms with Crippen LogP contribution in [-0.2, 0) is 13.1 Å². The quantitative estimate of drug-likeness (QED) is 0.750. The Morgan fingerprint density at radius 3 is 3.05 bits per heavy atom. The van der Waals surface area contributed by atoms with E-state index in [0.29, 0.717) is 6.04 Å². The van der Waals surface area contributed by atoms with Gasteiger partial charge in [0.2, 0.25) is 0 Å². The molecule has 1 fully saturated rings. The maximum absolute atomic E-state index is 4.64. The summed E-state index contributed by atoms with van der Waals surface area (Å²) in [6.45, 7) is 5.22. The molecule has 0 radical (unpaired) electrons. The van der Waals surface area contributed by atoms with E-state index in [-0.39, 0.29) is 0 Å². The van der Waals surface area contributed by atoms with Crippen LogP contribution < -0.4 is 10.2 Å². The molecule has 108 valence electrons. The highest BCUT2D eigenvalue weighted by Gasteiger charge is 2.31. The summed E-state index contributed by atoms with van der Waals surface area (Å²) in [5.74, 6) is 0. The molecule has 0 aromatic carbocycles. The first-order chi connectivity index (χ1) is 9.86. The van der Waals surface area contributed by atoms with Gasteiger partial charge in [-0.1, -0.05) is 6.92 Å². The molecule has 3 nitrogen and oxygen atoms in total. The summed E-state index contributed by atoms with van der Waals surface area (Å²) < 4.78 is 0. The van der Waals surface area contributed by atoms with Gasteiger partial charge in [0.15, 0.2) is 5.13 Å². The average molecular weight is 307 g/mol. The maximum Gasteiger partial charge on any atom is 0.186 e. The van der Waals surface area contributed by atoms with Crippen LogP contribution in [0.1, 0.15) is 36.6 Å². The van der Waals surface area contributed by atoms with E-state index in [2.05, 4.69) is 39.0 Å². The number of aromatic nitrogens is 1. The van der Waals surface area contributed by atoms with Crippen molar-refractivity contribution in [2.45, 2.75) is 45.3 Å². The van der Waals surface area contributed by atoms with Gasteiger partial charge >= 0.3 is 0 Å². The molecule has 1 aliphatic rings. The summed E-state index contributed by atoms with van der Waals surface area (Å²) in [6.07, 6.45) is 5.84. The normalized spacial score (nSPS) is 14.7. The Hall–Kier alpha value is -0.910. The zero-order valence-corrected chi connectivity index (χ0v) is 13.5. The molecule has 2 aromatic heterocycles. The van der Waals surface area contributed by atoms with E-state index in [9.17, 15) is 0 Å². The predicted molar refractivity (Wildman–Crippen MR) is 87.6 cm³/mol. The van der Waals surface area contributed by atoms with Crippen LogP contribution in [0, 0.1) is 0 Å². The van der Waals surface area contributed by atoms with E-state index >= 15 is 0 Å². The Bertz CT molecular complexity index is 517. The molecule has 2 heterocycles. The lowest BCUT2D eigenvalue weighted by molar-refractivity contribution is 0.681. The summed E-state index contributed by atoms with van der Waals surface area (Å²) in [5.41, 5.74) is 1.41. The molecule has 0 saturated heterocycles. The topological polar surface area (TPSA) is 28.2 Å². The van der Waals surface area contributed by atoms with Crippen molar-refractivity contribution in [1.82, 2.24) is 10.3 Å². The summed E-state index contributed by atoms with van der Waals surface area (Å²) >= 11 is 3.61. The molecule has 3 rings (SSSR count). The zero-order chi connectivity index (χ0) is 13.8. The van der Waals surface area contributed by atoms with Crippen molar-refractivity contribution in [2.75, 3.05) is 11.4 Å². The van der Waals surface area contributed by atoms with Crippen molar-refractivity contribution >= 4 is 27.8 Å². The Morgan fingerprint density at radius 1 is 1.45 bits per heavy atom. The average Bonchev–Trinajstić information content (AvgIpc) is 2.98. The molecule has 0 atom stereocenters. The minimum atomic E-state index is 0.706. The highest BCUT2D eigenvalue weighted by Crippen LogP contribution is 2.35. The number of hydrogen-bond acceptors (Lipinski definition) is 5. The van der Waals surface area contributed by atoms with E-state index in [1.54, 1.807) is 11.3 Å². The minimum absolute atomic E-state index is 0.706. The highest BCUT2D eigenvalue weighted by molar-refractivity contribution is 7.15. The van der Waals surface area contributed by atoms with Crippen molar-refractivity contribution in [3.8, 4) is 0 Å². The predicted octanol–water partition coefficient (Wildman–Crippen LogP) is 3.87. The molecule has 2 aromatic rings. The van der Waals surface area contributed by atoms with Gasteiger partial charge in [0, 0.05) is 30.2 Å². The van der Waals surface area contributed by atoms with E-state index in [1.165, 1.54) is 34.8 Å². The summed E-state index contributed by atoms with van der Waals surface area (Å²) in [7, 11) is 0. The third kappa shape index (κ3) is 3.59. The second kappa shape index (κ2) is 6.70. The van der Waals surface area contributed by atoms with E-state index in [0.717, 1.165) is 19.6 Å². The molecule has 0 unspecified atom stereocenters. The third-order valence-electron chi connectivity index (χ3n) is 3.43. The molecule has 1 N–H and O–H groups in total. The highest BCUT2D eigenvalue weighted by atomic mass is 32.1. The largest absolute Gasteiger partial charge is 0.341 e. The standard InChI is InChI=1S/C15H21N3S2/c1-2-6-16-8-14-9-17-15(20-14)18(13-3-4-13)10-12-5-7-19-11-12/h5,7,9,11,13,16H,2-4,6,8,10H2,1H3. The fourth-order valence-electron chi connectivity index (χ4n) is 2.22. The van der Waals surface area contributed by atoms with Crippen LogP contribution in [0.25, 0.3) is 0 Å². The second-order valence-corrected chi connectivity index (χ2v) is 7.15.